The van der Waals surface area contributed by atoms with E-state index in [4.69, 9.17) is 0 Å². The highest BCUT2D eigenvalue weighted by Crippen LogP contribution is 2.59. The van der Waals surface area contributed by atoms with Gasteiger partial charge in [0.1, 0.15) is 6.29 Å². The molecule has 0 aromatic carbocycles. The first-order valence-electron chi connectivity index (χ1n) is 6.09. The predicted molar refractivity (Wildman–Crippen MR) is 62.1 cm³/mol. The van der Waals surface area contributed by atoms with Gasteiger partial charge in [0.2, 0.25) is 0 Å². The smallest absolute Gasteiger partial charge is 0.120 e. The van der Waals surface area contributed by atoms with Gasteiger partial charge in [0.15, 0.2) is 0 Å². The van der Waals surface area contributed by atoms with Crippen LogP contribution in [0.2, 0.25) is 0 Å². The fourth-order valence-corrected chi connectivity index (χ4v) is 3.42. The Morgan fingerprint density at radius 1 is 1.47 bits per heavy atom. The lowest BCUT2D eigenvalue weighted by Gasteiger charge is -2.59. The van der Waals surface area contributed by atoms with Gasteiger partial charge in [0, 0.05) is 30.5 Å². The number of carbonyl (C=O) groups excluding carboxylic acids is 1. The molecule has 3 atom stereocenters. The Labute approximate surface area is 92.2 Å². The van der Waals surface area contributed by atoms with Crippen molar-refractivity contribution in [2.75, 3.05) is 6.54 Å². The van der Waals surface area contributed by atoms with Gasteiger partial charge in [-0.1, -0.05) is 13.8 Å². The summed E-state index contributed by atoms with van der Waals surface area (Å²) in [6, 6.07) is 0. The van der Waals surface area contributed by atoms with Crippen LogP contribution in [0.25, 0.3) is 0 Å². The molecule has 3 aliphatic carbocycles. The van der Waals surface area contributed by atoms with Crippen LogP contribution in [-0.2, 0) is 4.79 Å². The Morgan fingerprint density at radius 3 is 2.73 bits per heavy atom. The quantitative estimate of drug-likeness (QED) is 0.654. The maximum absolute atomic E-state index is 10.7. The van der Waals surface area contributed by atoms with Gasteiger partial charge in [0.25, 0.3) is 0 Å². The van der Waals surface area contributed by atoms with E-state index in [1.165, 1.54) is 18.6 Å². The molecule has 0 spiro atoms. The Kier molecular flexibility index (Phi) is 2.70. The molecule has 3 saturated carbocycles. The van der Waals surface area contributed by atoms with Crippen LogP contribution in [0.1, 0.15) is 40.0 Å². The molecular weight excluding hydrogens is 186 g/mol. The van der Waals surface area contributed by atoms with Crippen molar-refractivity contribution in [1.29, 1.82) is 0 Å². The first kappa shape index (κ1) is 10.8. The van der Waals surface area contributed by atoms with Gasteiger partial charge < -0.3 is 4.79 Å². The summed E-state index contributed by atoms with van der Waals surface area (Å²) < 4.78 is 0. The number of nitrogens with zero attached hydrogens (tertiary/aromatic N) is 1. The van der Waals surface area contributed by atoms with E-state index in [2.05, 4.69) is 25.8 Å². The van der Waals surface area contributed by atoms with E-state index in [0.717, 1.165) is 18.7 Å². The lowest BCUT2D eigenvalue weighted by Crippen LogP contribution is -2.56. The Bertz CT molecular complexity index is 293. The molecule has 0 amide bonds. The third-order valence-corrected chi connectivity index (χ3v) is 4.54. The SMILES string of the molecule is CC/N=C1/[C@@H](CC=O)C[C@H]2C[C@@H]1C2(C)C. The standard InChI is InChI=1S/C13H21NO/c1-4-14-12-9(5-6-15)7-10-8-11(12)13(10,2)3/h6,9-11H,4-5,7-8H2,1-3H3/b14-12-/t9-,10-,11-/m0/s1. The summed E-state index contributed by atoms with van der Waals surface area (Å²) >= 11 is 0. The summed E-state index contributed by atoms with van der Waals surface area (Å²) in [5, 5.41) is 0. The summed E-state index contributed by atoms with van der Waals surface area (Å²) in [4.78, 5) is 15.3. The summed E-state index contributed by atoms with van der Waals surface area (Å²) in [6.45, 7) is 7.66. The van der Waals surface area contributed by atoms with Crippen LogP contribution >= 0.6 is 0 Å². The zero-order valence-electron chi connectivity index (χ0n) is 9.99. The van der Waals surface area contributed by atoms with Crippen LogP contribution in [0.15, 0.2) is 4.99 Å². The van der Waals surface area contributed by atoms with Crippen molar-refractivity contribution in [3.8, 4) is 0 Å². The molecule has 0 heterocycles. The lowest BCUT2D eigenvalue weighted by molar-refractivity contribution is -0.109. The maximum Gasteiger partial charge on any atom is 0.120 e. The molecule has 0 N–H and O–H groups in total. The average Bonchev–Trinajstić information content (AvgIpc) is 2.20. The van der Waals surface area contributed by atoms with Crippen molar-refractivity contribution in [3.05, 3.63) is 0 Å². The number of aldehydes is 1. The molecule has 2 bridgehead atoms. The van der Waals surface area contributed by atoms with Gasteiger partial charge in [-0.2, -0.15) is 0 Å². The predicted octanol–water partition coefficient (Wildman–Crippen LogP) is 2.72. The fourth-order valence-electron chi connectivity index (χ4n) is 3.42. The van der Waals surface area contributed by atoms with Crippen molar-refractivity contribution in [3.63, 3.8) is 0 Å². The van der Waals surface area contributed by atoms with Gasteiger partial charge >= 0.3 is 0 Å². The topological polar surface area (TPSA) is 29.4 Å². The lowest BCUT2D eigenvalue weighted by atomic mass is 9.45. The van der Waals surface area contributed by atoms with Gasteiger partial charge in [-0.3, -0.25) is 4.99 Å². The molecule has 3 fully saturated rings. The number of rotatable bonds is 3. The molecule has 2 heteroatoms. The van der Waals surface area contributed by atoms with E-state index in [-0.39, 0.29) is 0 Å². The molecule has 2 nitrogen and oxygen atoms in total. The molecule has 3 aliphatic rings. The van der Waals surface area contributed by atoms with Crippen molar-refractivity contribution in [2.45, 2.75) is 40.0 Å². The largest absolute Gasteiger partial charge is 0.303 e. The molecule has 0 unspecified atom stereocenters. The van der Waals surface area contributed by atoms with Gasteiger partial charge in [-0.05, 0) is 31.1 Å². The van der Waals surface area contributed by atoms with E-state index in [9.17, 15) is 4.79 Å². The second-order valence-corrected chi connectivity index (χ2v) is 5.54. The van der Waals surface area contributed by atoms with Crippen molar-refractivity contribution in [1.82, 2.24) is 0 Å². The van der Waals surface area contributed by atoms with Crippen molar-refractivity contribution >= 4 is 12.0 Å². The van der Waals surface area contributed by atoms with Gasteiger partial charge in [0.05, 0.1) is 0 Å². The van der Waals surface area contributed by atoms with Crippen LogP contribution in [0.3, 0.4) is 0 Å². The summed E-state index contributed by atoms with van der Waals surface area (Å²) in [6.07, 6.45) is 4.23. The summed E-state index contributed by atoms with van der Waals surface area (Å²) in [7, 11) is 0. The fraction of sp³-hybridized carbons (Fsp3) is 0.846. The Morgan fingerprint density at radius 2 is 2.20 bits per heavy atom. The number of hydrogen-bond acceptors (Lipinski definition) is 2. The third-order valence-electron chi connectivity index (χ3n) is 4.54. The average molecular weight is 207 g/mol. The maximum atomic E-state index is 10.7. The number of carbonyl (C=O) groups is 1. The molecular formula is C13H21NO. The monoisotopic (exact) mass is 207 g/mol. The Hall–Kier alpha value is -0.660. The Balaban J connectivity index is 2.20. The van der Waals surface area contributed by atoms with Crippen LogP contribution in [0.4, 0.5) is 0 Å². The van der Waals surface area contributed by atoms with Gasteiger partial charge in [-0.25, -0.2) is 0 Å². The van der Waals surface area contributed by atoms with Crippen LogP contribution in [0, 0.1) is 23.2 Å². The molecule has 0 aromatic rings. The van der Waals surface area contributed by atoms with E-state index in [1.54, 1.807) is 0 Å². The third kappa shape index (κ3) is 1.54. The van der Waals surface area contributed by atoms with E-state index >= 15 is 0 Å². The second kappa shape index (κ2) is 3.73. The first-order valence-corrected chi connectivity index (χ1v) is 6.09. The van der Waals surface area contributed by atoms with E-state index in [0.29, 0.717) is 23.7 Å². The highest BCUT2D eigenvalue weighted by molar-refractivity contribution is 5.93. The molecule has 84 valence electrons. The molecule has 0 aliphatic heterocycles. The van der Waals surface area contributed by atoms with Crippen LogP contribution < -0.4 is 0 Å². The number of aliphatic imine (C=N–C) groups is 1. The molecule has 15 heavy (non-hydrogen) atoms. The zero-order valence-corrected chi connectivity index (χ0v) is 9.99. The second-order valence-electron chi connectivity index (χ2n) is 5.54. The molecule has 0 aromatic heterocycles. The minimum absolute atomic E-state index is 0.438. The number of fused-ring (bicyclic) bond motifs is 2. The molecule has 3 rings (SSSR count). The van der Waals surface area contributed by atoms with Crippen LogP contribution in [-0.4, -0.2) is 18.5 Å². The first-order chi connectivity index (χ1) is 7.11. The highest BCUT2D eigenvalue weighted by atomic mass is 16.1. The minimum atomic E-state index is 0.438. The normalized spacial score (nSPS) is 39.9. The molecule has 0 saturated heterocycles. The molecule has 0 radical (unpaired) electrons. The highest BCUT2D eigenvalue weighted by Gasteiger charge is 2.55. The summed E-state index contributed by atoms with van der Waals surface area (Å²) in [5.74, 6) is 1.93. The van der Waals surface area contributed by atoms with Gasteiger partial charge in [-0.15, -0.1) is 0 Å². The van der Waals surface area contributed by atoms with Crippen LogP contribution in [0.5, 0.6) is 0 Å². The van der Waals surface area contributed by atoms with E-state index in [1.807, 2.05) is 0 Å². The summed E-state index contributed by atoms with van der Waals surface area (Å²) in [5.41, 5.74) is 1.78. The number of hydrogen-bond donors (Lipinski definition) is 0. The van der Waals surface area contributed by atoms with Crippen molar-refractivity contribution < 1.29 is 4.79 Å². The minimum Gasteiger partial charge on any atom is -0.303 e. The zero-order chi connectivity index (χ0) is 11.1. The van der Waals surface area contributed by atoms with Crippen molar-refractivity contribution in [2.24, 2.45) is 28.2 Å². The van der Waals surface area contributed by atoms with E-state index < -0.39 is 0 Å².